The molecule has 2 N–H and O–H groups in total. The van der Waals surface area contributed by atoms with Gasteiger partial charge < -0.3 is 10.5 Å². The lowest BCUT2D eigenvalue weighted by molar-refractivity contribution is 0.0836. The molecule has 5 heteroatoms. The first kappa shape index (κ1) is 8.50. The molecule has 0 bridgehead atoms. The van der Waals surface area contributed by atoms with E-state index in [1.54, 1.807) is 4.68 Å². The van der Waals surface area contributed by atoms with Gasteiger partial charge >= 0.3 is 0 Å². The van der Waals surface area contributed by atoms with Gasteiger partial charge in [-0.25, -0.2) is 4.68 Å². The van der Waals surface area contributed by atoms with Crippen LogP contribution in [0.1, 0.15) is 24.6 Å². The minimum Gasteiger partial charge on any atom is -0.381 e. The highest BCUT2D eigenvalue weighted by Gasteiger charge is 2.20. The highest BCUT2D eigenvalue weighted by atomic mass is 16.5. The zero-order valence-corrected chi connectivity index (χ0v) is 7.73. The molecule has 0 amide bonds. The normalized spacial score (nSPS) is 19.2. The Hall–Kier alpha value is -1.10. The number of anilines is 1. The summed E-state index contributed by atoms with van der Waals surface area (Å²) in [5, 5.41) is 4.26. The van der Waals surface area contributed by atoms with Gasteiger partial charge in [0.05, 0.1) is 0 Å². The van der Waals surface area contributed by atoms with Crippen LogP contribution in [0.25, 0.3) is 0 Å². The Morgan fingerprint density at radius 2 is 2.15 bits per heavy atom. The monoisotopic (exact) mass is 182 g/mol. The molecule has 1 aromatic heterocycles. The van der Waals surface area contributed by atoms with E-state index >= 15 is 0 Å². The van der Waals surface area contributed by atoms with Crippen molar-refractivity contribution in [2.24, 2.45) is 7.05 Å². The molecule has 0 radical (unpaired) electrons. The Morgan fingerprint density at radius 1 is 1.46 bits per heavy atom. The van der Waals surface area contributed by atoms with E-state index in [-0.39, 0.29) is 0 Å². The molecular weight excluding hydrogens is 168 g/mol. The molecule has 1 aliphatic rings. The lowest BCUT2D eigenvalue weighted by Gasteiger charge is -2.18. The minimum absolute atomic E-state index is 0.428. The second kappa shape index (κ2) is 3.33. The maximum atomic E-state index is 5.61. The van der Waals surface area contributed by atoms with Crippen molar-refractivity contribution in [2.45, 2.75) is 18.8 Å². The van der Waals surface area contributed by atoms with Crippen LogP contribution in [-0.4, -0.2) is 28.0 Å². The van der Waals surface area contributed by atoms with Crippen molar-refractivity contribution < 1.29 is 4.74 Å². The average Bonchev–Trinajstić information content (AvgIpc) is 2.49. The maximum absolute atomic E-state index is 5.61. The topological polar surface area (TPSA) is 66.0 Å². The molecule has 13 heavy (non-hydrogen) atoms. The lowest BCUT2D eigenvalue weighted by Crippen LogP contribution is -2.15. The van der Waals surface area contributed by atoms with Gasteiger partial charge in [-0.15, -0.1) is 0 Å². The summed E-state index contributed by atoms with van der Waals surface area (Å²) >= 11 is 0. The van der Waals surface area contributed by atoms with Crippen molar-refractivity contribution in [3.63, 3.8) is 0 Å². The first-order valence-electron chi connectivity index (χ1n) is 4.51. The Bertz CT molecular complexity index is 271. The number of aromatic nitrogens is 3. The third-order valence-corrected chi connectivity index (χ3v) is 2.40. The zero-order valence-electron chi connectivity index (χ0n) is 7.73. The van der Waals surface area contributed by atoms with Crippen molar-refractivity contribution in [2.75, 3.05) is 18.9 Å². The number of hydrogen-bond donors (Lipinski definition) is 1. The van der Waals surface area contributed by atoms with Crippen LogP contribution in [-0.2, 0) is 11.8 Å². The molecule has 0 unspecified atom stereocenters. The summed E-state index contributed by atoms with van der Waals surface area (Å²) in [6.07, 6.45) is 2.01. The highest BCUT2D eigenvalue weighted by molar-refractivity contribution is 5.17. The van der Waals surface area contributed by atoms with Gasteiger partial charge in [0.15, 0.2) is 5.82 Å². The Kier molecular flexibility index (Phi) is 2.18. The van der Waals surface area contributed by atoms with Crippen LogP contribution in [0.2, 0.25) is 0 Å². The smallest absolute Gasteiger partial charge is 0.218 e. The van der Waals surface area contributed by atoms with Crippen LogP contribution in [0.3, 0.4) is 0 Å². The standard InChI is InChI=1S/C8H14N4O/c1-12-8(9)10-7(11-12)6-2-4-13-5-3-6/h6H,2-5H2,1H3,(H2,9,10,11). The van der Waals surface area contributed by atoms with E-state index in [1.165, 1.54) is 0 Å². The summed E-state index contributed by atoms with van der Waals surface area (Å²) in [7, 11) is 1.81. The van der Waals surface area contributed by atoms with Crippen LogP contribution in [0.4, 0.5) is 5.95 Å². The number of aryl methyl sites for hydroxylation is 1. The predicted octanol–water partition coefficient (Wildman–Crippen LogP) is 0.291. The van der Waals surface area contributed by atoms with Gasteiger partial charge in [0.25, 0.3) is 0 Å². The van der Waals surface area contributed by atoms with E-state index in [4.69, 9.17) is 10.5 Å². The molecule has 1 aromatic rings. The number of nitrogens with two attached hydrogens (primary N) is 1. The number of hydrogen-bond acceptors (Lipinski definition) is 4. The molecule has 2 rings (SSSR count). The molecule has 1 saturated heterocycles. The van der Waals surface area contributed by atoms with Crippen LogP contribution in [0, 0.1) is 0 Å². The van der Waals surface area contributed by atoms with Gasteiger partial charge in [-0.3, -0.25) is 0 Å². The zero-order chi connectivity index (χ0) is 9.26. The lowest BCUT2D eigenvalue weighted by atomic mass is 10.00. The number of rotatable bonds is 1. The Balaban J connectivity index is 2.14. The van der Waals surface area contributed by atoms with Crippen LogP contribution >= 0.6 is 0 Å². The van der Waals surface area contributed by atoms with E-state index in [0.717, 1.165) is 31.9 Å². The highest BCUT2D eigenvalue weighted by Crippen LogP contribution is 2.24. The molecule has 0 atom stereocenters. The fourth-order valence-electron chi connectivity index (χ4n) is 1.55. The molecule has 1 aliphatic heterocycles. The molecule has 1 fully saturated rings. The van der Waals surface area contributed by atoms with Crippen molar-refractivity contribution in [1.82, 2.24) is 14.8 Å². The molecule has 0 spiro atoms. The Morgan fingerprint density at radius 3 is 2.69 bits per heavy atom. The van der Waals surface area contributed by atoms with Gasteiger partial charge in [-0.05, 0) is 12.8 Å². The van der Waals surface area contributed by atoms with Crippen LogP contribution in [0.15, 0.2) is 0 Å². The quantitative estimate of drug-likeness (QED) is 0.678. The third kappa shape index (κ3) is 1.65. The summed E-state index contributed by atoms with van der Waals surface area (Å²) in [5.41, 5.74) is 5.61. The summed E-state index contributed by atoms with van der Waals surface area (Å²) in [6.45, 7) is 1.62. The van der Waals surface area contributed by atoms with E-state index in [2.05, 4.69) is 10.1 Å². The van der Waals surface area contributed by atoms with Gasteiger partial charge in [-0.2, -0.15) is 10.1 Å². The Labute approximate surface area is 76.9 Å². The van der Waals surface area contributed by atoms with E-state index in [0.29, 0.717) is 11.9 Å². The summed E-state index contributed by atoms with van der Waals surface area (Å²) in [5.74, 6) is 1.78. The van der Waals surface area contributed by atoms with Gasteiger partial charge in [0.2, 0.25) is 5.95 Å². The van der Waals surface area contributed by atoms with Crippen molar-refractivity contribution in [3.05, 3.63) is 5.82 Å². The third-order valence-electron chi connectivity index (χ3n) is 2.40. The molecular formula is C8H14N4O. The summed E-state index contributed by atoms with van der Waals surface area (Å²) in [4.78, 5) is 4.21. The first-order chi connectivity index (χ1) is 6.27. The van der Waals surface area contributed by atoms with Gasteiger partial charge in [0, 0.05) is 26.2 Å². The van der Waals surface area contributed by atoms with Crippen LogP contribution < -0.4 is 5.73 Å². The molecule has 2 heterocycles. The molecule has 0 saturated carbocycles. The number of nitrogens with zero attached hydrogens (tertiary/aromatic N) is 3. The van der Waals surface area contributed by atoms with Crippen molar-refractivity contribution in [3.8, 4) is 0 Å². The van der Waals surface area contributed by atoms with Crippen molar-refractivity contribution >= 4 is 5.95 Å². The van der Waals surface area contributed by atoms with E-state index in [9.17, 15) is 0 Å². The van der Waals surface area contributed by atoms with Gasteiger partial charge in [-0.1, -0.05) is 0 Å². The van der Waals surface area contributed by atoms with Crippen LogP contribution in [0.5, 0.6) is 0 Å². The molecule has 0 aromatic carbocycles. The second-order valence-corrected chi connectivity index (χ2v) is 3.34. The fourth-order valence-corrected chi connectivity index (χ4v) is 1.55. The maximum Gasteiger partial charge on any atom is 0.218 e. The SMILES string of the molecule is Cn1nc(C2CCOCC2)nc1N. The van der Waals surface area contributed by atoms with Crippen molar-refractivity contribution in [1.29, 1.82) is 0 Å². The van der Waals surface area contributed by atoms with Gasteiger partial charge in [0.1, 0.15) is 0 Å². The largest absolute Gasteiger partial charge is 0.381 e. The minimum atomic E-state index is 0.428. The summed E-state index contributed by atoms with van der Waals surface area (Å²) in [6, 6.07) is 0. The first-order valence-corrected chi connectivity index (χ1v) is 4.51. The molecule has 5 nitrogen and oxygen atoms in total. The number of ether oxygens (including phenoxy) is 1. The fraction of sp³-hybridized carbons (Fsp3) is 0.750. The average molecular weight is 182 g/mol. The summed E-state index contributed by atoms with van der Waals surface area (Å²) < 4.78 is 6.88. The number of nitrogen functional groups attached to an aromatic ring is 1. The second-order valence-electron chi connectivity index (χ2n) is 3.34. The van der Waals surface area contributed by atoms with E-state index in [1.807, 2.05) is 7.05 Å². The molecule has 0 aliphatic carbocycles. The predicted molar refractivity (Wildman–Crippen MR) is 48.2 cm³/mol. The van der Waals surface area contributed by atoms with E-state index < -0.39 is 0 Å². The molecule has 72 valence electrons.